The van der Waals surface area contributed by atoms with Crippen LogP contribution < -0.4 is 11.3 Å². The lowest BCUT2D eigenvalue weighted by molar-refractivity contribution is 0.236. The Morgan fingerprint density at radius 1 is 1.15 bits per heavy atom. The van der Waals surface area contributed by atoms with Crippen LogP contribution in [0.15, 0.2) is 47.3 Å². The number of nitrogens with two attached hydrogens (primary N) is 1. The average molecular weight is 368 g/mol. The molecule has 138 valence electrons. The van der Waals surface area contributed by atoms with Gasteiger partial charge in [-0.1, -0.05) is 12.1 Å². The number of nitrogens with one attached hydrogen (secondary N) is 1. The number of fused-ring (bicyclic) bond motifs is 1. The predicted molar refractivity (Wildman–Crippen MR) is 98.9 cm³/mol. The molecule has 3 N–H and O–H groups in total. The van der Waals surface area contributed by atoms with Crippen LogP contribution in [0.5, 0.6) is 0 Å². The second-order valence-corrected chi connectivity index (χ2v) is 6.64. The van der Waals surface area contributed by atoms with Crippen molar-refractivity contribution >= 4 is 5.69 Å². The van der Waals surface area contributed by atoms with Gasteiger partial charge in [-0.15, -0.1) is 0 Å². The quantitative estimate of drug-likeness (QED) is 0.697. The summed E-state index contributed by atoms with van der Waals surface area (Å²) in [6.45, 7) is 1.24. The first-order valence-electron chi connectivity index (χ1n) is 8.64. The lowest BCUT2D eigenvalue weighted by atomic mass is 10.0. The molecule has 0 atom stereocenters. The summed E-state index contributed by atoms with van der Waals surface area (Å²) in [5, 5.41) is 0. The van der Waals surface area contributed by atoms with Gasteiger partial charge in [-0.2, -0.15) is 0 Å². The van der Waals surface area contributed by atoms with E-state index >= 15 is 0 Å². The molecule has 3 aromatic rings. The molecule has 4 rings (SSSR count). The number of hydrogen-bond acceptors (Lipinski definition) is 4. The second kappa shape index (κ2) is 6.92. The fourth-order valence-electron chi connectivity index (χ4n) is 3.32. The van der Waals surface area contributed by atoms with Crippen molar-refractivity contribution in [2.75, 3.05) is 12.3 Å². The number of nitrogen functional groups attached to an aromatic ring is 1. The molecule has 1 aliphatic rings. The van der Waals surface area contributed by atoms with Crippen LogP contribution in [0.25, 0.3) is 11.4 Å². The van der Waals surface area contributed by atoms with Crippen molar-refractivity contribution in [1.29, 1.82) is 0 Å². The van der Waals surface area contributed by atoms with Gasteiger partial charge in [0.2, 0.25) is 0 Å². The number of aromatic nitrogens is 2. The molecule has 0 saturated carbocycles. The van der Waals surface area contributed by atoms with Crippen LogP contribution in [0.3, 0.4) is 0 Å². The van der Waals surface area contributed by atoms with Gasteiger partial charge >= 0.3 is 0 Å². The van der Waals surface area contributed by atoms with Crippen molar-refractivity contribution in [1.82, 2.24) is 14.9 Å². The Bertz CT molecular complexity index is 1050. The summed E-state index contributed by atoms with van der Waals surface area (Å²) in [6, 6.07) is 11.2. The maximum Gasteiger partial charge on any atom is 0.254 e. The molecule has 0 amide bonds. The Labute approximate surface area is 154 Å². The molecule has 2 heterocycles. The highest BCUT2D eigenvalue weighted by Crippen LogP contribution is 2.22. The molecule has 5 nitrogen and oxygen atoms in total. The Morgan fingerprint density at radius 3 is 2.70 bits per heavy atom. The first-order valence-corrected chi connectivity index (χ1v) is 8.64. The third-order valence-corrected chi connectivity index (χ3v) is 4.76. The average Bonchev–Trinajstić information content (AvgIpc) is 2.66. The van der Waals surface area contributed by atoms with Gasteiger partial charge in [0.15, 0.2) is 11.6 Å². The van der Waals surface area contributed by atoms with E-state index in [4.69, 9.17) is 5.73 Å². The van der Waals surface area contributed by atoms with Gasteiger partial charge < -0.3 is 10.7 Å². The van der Waals surface area contributed by atoms with Crippen molar-refractivity contribution in [2.45, 2.75) is 19.5 Å². The van der Waals surface area contributed by atoms with Crippen LogP contribution in [-0.2, 0) is 19.5 Å². The number of nitrogens with zero attached hydrogens (tertiary/aromatic N) is 2. The van der Waals surface area contributed by atoms with Gasteiger partial charge in [-0.3, -0.25) is 9.69 Å². The SMILES string of the molecule is Nc1ccc(-c2nc3c(c(=O)[nH]2)CCN(Cc2cccc(F)c2F)C3)cc1. The maximum atomic E-state index is 14.0. The lowest BCUT2D eigenvalue weighted by Crippen LogP contribution is -2.35. The summed E-state index contributed by atoms with van der Waals surface area (Å²) < 4.78 is 27.4. The van der Waals surface area contributed by atoms with E-state index in [1.807, 2.05) is 4.90 Å². The minimum Gasteiger partial charge on any atom is -0.399 e. The highest BCUT2D eigenvalue weighted by Gasteiger charge is 2.22. The van der Waals surface area contributed by atoms with Crippen LogP contribution in [0, 0.1) is 11.6 Å². The Hall–Kier alpha value is -3.06. The van der Waals surface area contributed by atoms with Gasteiger partial charge in [0.1, 0.15) is 5.82 Å². The fraction of sp³-hybridized carbons (Fsp3) is 0.200. The molecule has 0 unspecified atom stereocenters. The first-order chi connectivity index (χ1) is 13.0. The van der Waals surface area contributed by atoms with Crippen molar-refractivity contribution in [3.8, 4) is 11.4 Å². The Morgan fingerprint density at radius 2 is 1.93 bits per heavy atom. The summed E-state index contributed by atoms with van der Waals surface area (Å²) in [6.07, 6.45) is 0.511. The minimum atomic E-state index is -0.856. The number of halogens is 2. The van der Waals surface area contributed by atoms with E-state index in [1.54, 1.807) is 30.3 Å². The molecule has 0 saturated heterocycles. The number of benzene rings is 2. The van der Waals surface area contributed by atoms with Crippen molar-refractivity contribution in [3.05, 3.63) is 81.3 Å². The number of rotatable bonds is 3. The van der Waals surface area contributed by atoms with E-state index in [0.29, 0.717) is 47.8 Å². The third kappa shape index (κ3) is 3.46. The molecule has 0 aliphatic carbocycles. The highest BCUT2D eigenvalue weighted by molar-refractivity contribution is 5.58. The molecule has 1 aliphatic heterocycles. The second-order valence-electron chi connectivity index (χ2n) is 6.64. The Balaban J connectivity index is 1.62. The van der Waals surface area contributed by atoms with Crippen molar-refractivity contribution in [3.63, 3.8) is 0 Å². The summed E-state index contributed by atoms with van der Waals surface area (Å²) in [7, 11) is 0. The van der Waals surface area contributed by atoms with Gasteiger partial charge in [0, 0.05) is 42.0 Å². The van der Waals surface area contributed by atoms with Crippen molar-refractivity contribution in [2.24, 2.45) is 0 Å². The van der Waals surface area contributed by atoms with E-state index in [-0.39, 0.29) is 12.1 Å². The summed E-state index contributed by atoms with van der Waals surface area (Å²) in [4.78, 5) is 21.8. The van der Waals surface area contributed by atoms with E-state index in [9.17, 15) is 13.6 Å². The smallest absolute Gasteiger partial charge is 0.254 e. The third-order valence-electron chi connectivity index (χ3n) is 4.76. The number of hydrogen-bond donors (Lipinski definition) is 2. The molecule has 7 heteroatoms. The van der Waals surface area contributed by atoms with Crippen LogP contribution in [0.1, 0.15) is 16.8 Å². The summed E-state index contributed by atoms with van der Waals surface area (Å²) in [5.74, 6) is -1.22. The van der Waals surface area contributed by atoms with Gasteiger partial charge in [0.25, 0.3) is 5.56 Å². The predicted octanol–water partition coefficient (Wildman–Crippen LogP) is 2.86. The molecule has 0 bridgehead atoms. The summed E-state index contributed by atoms with van der Waals surface area (Å²) in [5.41, 5.74) is 8.53. The number of anilines is 1. The number of H-pyrrole nitrogens is 1. The molecule has 0 fully saturated rings. The molecular formula is C20H18F2N4O. The summed E-state index contributed by atoms with van der Waals surface area (Å²) >= 11 is 0. The molecule has 2 aromatic carbocycles. The zero-order valence-corrected chi connectivity index (χ0v) is 14.5. The van der Waals surface area contributed by atoms with E-state index in [1.165, 1.54) is 6.07 Å². The van der Waals surface area contributed by atoms with Crippen LogP contribution in [0.2, 0.25) is 0 Å². The lowest BCUT2D eigenvalue weighted by Gasteiger charge is -2.27. The van der Waals surface area contributed by atoms with Crippen LogP contribution in [-0.4, -0.2) is 21.4 Å². The molecule has 1 aromatic heterocycles. The zero-order valence-electron chi connectivity index (χ0n) is 14.5. The number of aromatic amines is 1. The van der Waals surface area contributed by atoms with Crippen LogP contribution >= 0.6 is 0 Å². The standard InChI is InChI=1S/C20H18F2N4O/c21-16-3-1-2-13(18(16)22)10-26-9-8-15-17(11-26)24-19(25-20(15)27)12-4-6-14(23)7-5-12/h1-7H,8-11,23H2,(H,24,25,27). The van der Waals surface area contributed by atoms with Gasteiger partial charge in [-0.05, 0) is 36.8 Å². The van der Waals surface area contributed by atoms with E-state index < -0.39 is 11.6 Å². The molecular weight excluding hydrogens is 350 g/mol. The Kier molecular flexibility index (Phi) is 4.45. The molecule has 27 heavy (non-hydrogen) atoms. The topological polar surface area (TPSA) is 75.0 Å². The van der Waals surface area contributed by atoms with Gasteiger partial charge in [0.05, 0.1) is 5.69 Å². The minimum absolute atomic E-state index is 0.164. The van der Waals surface area contributed by atoms with Crippen molar-refractivity contribution < 1.29 is 8.78 Å². The zero-order chi connectivity index (χ0) is 19.0. The van der Waals surface area contributed by atoms with Gasteiger partial charge in [-0.25, -0.2) is 13.8 Å². The van der Waals surface area contributed by atoms with E-state index in [2.05, 4.69) is 9.97 Å². The largest absolute Gasteiger partial charge is 0.399 e. The monoisotopic (exact) mass is 368 g/mol. The highest BCUT2D eigenvalue weighted by atomic mass is 19.2. The normalized spacial score (nSPS) is 14.1. The maximum absolute atomic E-state index is 14.0. The first kappa shape index (κ1) is 17.4. The molecule has 0 radical (unpaired) electrons. The molecule has 0 spiro atoms. The van der Waals surface area contributed by atoms with E-state index in [0.717, 1.165) is 11.6 Å². The fourth-order valence-corrected chi connectivity index (χ4v) is 3.32. The van der Waals surface area contributed by atoms with Crippen LogP contribution in [0.4, 0.5) is 14.5 Å².